The molecule has 0 spiro atoms. The number of benzene rings is 1. The predicted molar refractivity (Wildman–Crippen MR) is 214 cm³/mol. The molecule has 322 valence electrons. The molecule has 0 saturated carbocycles. The number of hydrogen-bond acceptors (Lipinski definition) is 10. The summed E-state index contributed by atoms with van der Waals surface area (Å²) in [7, 11) is 0. The van der Waals surface area contributed by atoms with Crippen LogP contribution in [-0.2, 0) is 51.2 Å². The number of carbonyl (C=O) groups is 8. The number of nitrogens with one attached hydrogen (secondary N) is 8. The number of aliphatic carboxylic acids is 2. The fraction of sp³-hybridized carbons (Fsp3) is 0.513. The van der Waals surface area contributed by atoms with E-state index in [1.54, 1.807) is 65.1 Å². The van der Waals surface area contributed by atoms with Crippen LogP contribution in [0, 0.1) is 17.8 Å². The van der Waals surface area contributed by atoms with Gasteiger partial charge in [0, 0.05) is 41.8 Å². The highest BCUT2D eigenvalue weighted by Gasteiger charge is 2.35. The van der Waals surface area contributed by atoms with Gasteiger partial charge in [0.15, 0.2) is 0 Å². The number of hydrogen-bond donors (Lipinski definition) is 11. The van der Waals surface area contributed by atoms with Crippen molar-refractivity contribution in [2.24, 2.45) is 23.5 Å². The Morgan fingerprint density at radius 1 is 0.729 bits per heavy atom. The number of aromatic amines is 2. The maximum Gasteiger partial charge on any atom is 0.326 e. The third-order valence-corrected chi connectivity index (χ3v) is 9.83. The average Bonchev–Trinajstić information content (AvgIpc) is 3.85. The molecule has 6 amide bonds. The van der Waals surface area contributed by atoms with Gasteiger partial charge in [-0.25, -0.2) is 9.78 Å². The number of amides is 6. The van der Waals surface area contributed by atoms with Gasteiger partial charge in [0.25, 0.3) is 0 Å². The van der Waals surface area contributed by atoms with Gasteiger partial charge < -0.3 is 57.8 Å². The first-order valence-electron chi connectivity index (χ1n) is 19.3. The number of carboxylic acid groups (broad SMARTS) is 2. The number of imidazole rings is 1. The molecule has 20 nitrogen and oxygen atoms in total. The Bertz CT molecular complexity index is 1950. The van der Waals surface area contributed by atoms with Gasteiger partial charge in [-0.1, -0.05) is 66.2 Å². The highest BCUT2D eigenvalue weighted by molar-refractivity contribution is 5.98. The summed E-state index contributed by atoms with van der Waals surface area (Å²) in [5.41, 5.74) is 7.97. The molecule has 2 heterocycles. The Kier molecular flexibility index (Phi) is 17.6. The monoisotopic (exact) mass is 824 g/mol. The number of carboxylic acids is 2. The molecule has 0 saturated heterocycles. The zero-order valence-corrected chi connectivity index (χ0v) is 34.0. The topological polar surface area (TPSA) is 320 Å². The van der Waals surface area contributed by atoms with Crippen LogP contribution in [0.3, 0.4) is 0 Å². The maximum absolute atomic E-state index is 14.1. The highest BCUT2D eigenvalue weighted by atomic mass is 16.4. The maximum atomic E-state index is 14.1. The van der Waals surface area contributed by atoms with E-state index in [0.717, 1.165) is 5.52 Å². The minimum atomic E-state index is -1.73. The van der Waals surface area contributed by atoms with Crippen molar-refractivity contribution in [2.45, 2.75) is 103 Å². The summed E-state index contributed by atoms with van der Waals surface area (Å²) >= 11 is 0. The molecule has 3 rings (SSSR count). The molecule has 20 heteroatoms. The van der Waals surface area contributed by atoms with Crippen LogP contribution in [0.5, 0.6) is 0 Å². The molecule has 0 aliphatic heterocycles. The molecule has 0 bridgehead atoms. The summed E-state index contributed by atoms with van der Waals surface area (Å²) < 4.78 is 0. The second kappa shape index (κ2) is 22.0. The summed E-state index contributed by atoms with van der Waals surface area (Å²) in [5, 5.41) is 34.6. The molecular formula is C39H56N10O10. The van der Waals surface area contributed by atoms with Gasteiger partial charge in [-0.05, 0) is 29.4 Å². The first-order chi connectivity index (χ1) is 27.8. The van der Waals surface area contributed by atoms with E-state index in [4.69, 9.17) is 5.73 Å². The average molecular weight is 825 g/mol. The lowest BCUT2D eigenvalue weighted by atomic mass is 9.98. The van der Waals surface area contributed by atoms with Crippen LogP contribution in [0.25, 0.3) is 10.9 Å². The Hall–Kier alpha value is -6.31. The van der Waals surface area contributed by atoms with E-state index in [1.807, 2.05) is 6.92 Å². The van der Waals surface area contributed by atoms with E-state index in [1.165, 1.54) is 12.5 Å². The first kappa shape index (κ1) is 47.1. The smallest absolute Gasteiger partial charge is 0.326 e. The van der Waals surface area contributed by atoms with Crippen molar-refractivity contribution in [3.8, 4) is 0 Å². The highest BCUT2D eigenvalue weighted by Crippen LogP contribution is 2.20. The summed E-state index contributed by atoms with van der Waals surface area (Å²) in [6.07, 6.45) is 4.05. The molecule has 0 aliphatic rings. The lowest BCUT2D eigenvalue weighted by molar-refractivity contribution is -0.143. The van der Waals surface area contributed by atoms with Crippen molar-refractivity contribution < 1.29 is 48.6 Å². The van der Waals surface area contributed by atoms with E-state index in [-0.39, 0.29) is 18.8 Å². The number of fused-ring (bicyclic) bond motifs is 1. The van der Waals surface area contributed by atoms with Crippen molar-refractivity contribution in [3.05, 3.63) is 54.2 Å². The van der Waals surface area contributed by atoms with Crippen LogP contribution >= 0.6 is 0 Å². The summed E-state index contributed by atoms with van der Waals surface area (Å²) in [4.78, 5) is 114. The quantitative estimate of drug-likeness (QED) is 0.0575. The van der Waals surface area contributed by atoms with Gasteiger partial charge in [0.1, 0.15) is 30.2 Å². The van der Waals surface area contributed by atoms with Crippen LogP contribution in [0.4, 0.5) is 0 Å². The third kappa shape index (κ3) is 13.9. The number of nitrogens with two attached hydrogens (primary N) is 1. The fourth-order valence-electron chi connectivity index (χ4n) is 6.07. The van der Waals surface area contributed by atoms with Gasteiger partial charge in [-0.2, -0.15) is 0 Å². The number of carbonyl (C=O) groups excluding carboxylic acids is 6. The number of aromatic nitrogens is 3. The summed E-state index contributed by atoms with van der Waals surface area (Å²) in [5.74, 6) is -8.97. The van der Waals surface area contributed by atoms with Crippen molar-refractivity contribution in [2.75, 3.05) is 6.54 Å². The second-order valence-corrected chi connectivity index (χ2v) is 15.1. The van der Waals surface area contributed by atoms with Crippen molar-refractivity contribution >= 4 is 58.3 Å². The molecule has 2 aromatic heterocycles. The fourth-order valence-corrected chi connectivity index (χ4v) is 6.07. The van der Waals surface area contributed by atoms with Crippen LogP contribution < -0.4 is 37.6 Å². The molecule has 1 aromatic carbocycles. The molecule has 3 aromatic rings. The lowest BCUT2D eigenvalue weighted by Gasteiger charge is -2.28. The van der Waals surface area contributed by atoms with Crippen LogP contribution in [-0.4, -0.2) is 115 Å². The summed E-state index contributed by atoms with van der Waals surface area (Å²) in [6, 6.07) is -0.630. The molecule has 0 aliphatic carbocycles. The largest absolute Gasteiger partial charge is 0.481 e. The van der Waals surface area contributed by atoms with Gasteiger partial charge in [0.05, 0.1) is 25.3 Å². The minimum absolute atomic E-state index is 0.0185. The van der Waals surface area contributed by atoms with Crippen molar-refractivity contribution in [3.63, 3.8) is 0 Å². The summed E-state index contributed by atoms with van der Waals surface area (Å²) in [6.45, 7) is 9.41. The van der Waals surface area contributed by atoms with E-state index in [0.29, 0.717) is 23.1 Å². The Labute approximate surface area is 341 Å². The van der Waals surface area contributed by atoms with E-state index in [9.17, 15) is 48.6 Å². The third-order valence-electron chi connectivity index (χ3n) is 9.83. The molecule has 12 N–H and O–H groups in total. The van der Waals surface area contributed by atoms with E-state index in [2.05, 4.69) is 46.9 Å². The molecular weight excluding hydrogens is 768 g/mol. The SMILES string of the molecule is CC[C@H](C)[C@H](N)C(=O)N[C@@H](Cc1cnc[nH]1)C(=O)N[C@H](C(=O)N[C@@H](Cc1c[nH]c2ccccc12)C(=O)N[C@@H](CC(=O)O)C(=O)NCC(=O)N[C@H](C(=O)O)C(C)C)C(C)C. The van der Waals surface area contributed by atoms with Gasteiger partial charge in [0.2, 0.25) is 35.4 Å². The Balaban J connectivity index is 1.88. The number of nitrogens with zero attached hydrogens (tertiary/aromatic N) is 1. The van der Waals surface area contributed by atoms with Gasteiger partial charge >= 0.3 is 11.9 Å². The standard InChI is InChI=1S/C39H56N10O10/c1-7-21(6)31(40)37(56)46-27(13-23-16-41-18-44-23)36(55)49-32(19(2)3)38(57)47-26(12-22-15-42-25-11-9-8-10-24(22)25)35(54)45-28(14-30(51)52)34(53)43-17-29(50)48-33(20(4)5)39(58)59/h8-11,15-16,18-21,26-28,31-33,42H,7,12-14,17,40H2,1-6H3,(H,41,44)(H,43,53)(H,45,54)(H,46,56)(H,47,57)(H,48,50)(H,49,55)(H,51,52)(H,58,59)/t21-,26-,27-,28-,31-,32-,33-/m0/s1. The molecule has 59 heavy (non-hydrogen) atoms. The zero-order chi connectivity index (χ0) is 44.0. The van der Waals surface area contributed by atoms with Crippen LogP contribution in [0.1, 0.15) is 65.6 Å². The molecule has 0 unspecified atom stereocenters. The molecule has 0 fully saturated rings. The van der Waals surface area contributed by atoms with Crippen molar-refractivity contribution in [1.29, 1.82) is 0 Å². The van der Waals surface area contributed by atoms with Gasteiger partial charge in [-0.3, -0.25) is 33.6 Å². The van der Waals surface area contributed by atoms with Crippen LogP contribution in [0.2, 0.25) is 0 Å². The Morgan fingerprint density at radius 2 is 1.34 bits per heavy atom. The molecule has 7 atom stereocenters. The van der Waals surface area contributed by atoms with E-state index < -0.39 is 108 Å². The van der Waals surface area contributed by atoms with E-state index >= 15 is 0 Å². The number of para-hydroxylation sites is 1. The number of rotatable bonds is 23. The molecule has 0 radical (unpaired) electrons. The van der Waals surface area contributed by atoms with Gasteiger partial charge in [-0.15, -0.1) is 0 Å². The number of H-pyrrole nitrogens is 2. The van der Waals surface area contributed by atoms with Crippen molar-refractivity contribution in [1.82, 2.24) is 46.9 Å². The second-order valence-electron chi connectivity index (χ2n) is 15.1. The van der Waals surface area contributed by atoms with Crippen LogP contribution in [0.15, 0.2) is 43.0 Å². The minimum Gasteiger partial charge on any atom is -0.481 e. The Morgan fingerprint density at radius 3 is 1.93 bits per heavy atom. The zero-order valence-electron chi connectivity index (χ0n) is 34.0. The normalized spacial score (nSPS) is 14.9. The lowest BCUT2D eigenvalue weighted by Crippen LogP contribution is -2.61. The first-order valence-corrected chi connectivity index (χ1v) is 19.3. The predicted octanol–water partition coefficient (Wildman–Crippen LogP) is -0.539.